The van der Waals surface area contributed by atoms with Gasteiger partial charge in [-0.05, 0) is 67.0 Å². The van der Waals surface area contributed by atoms with Crippen LogP contribution in [0.5, 0.6) is 0 Å². The lowest BCUT2D eigenvalue weighted by molar-refractivity contribution is 0.0931. The van der Waals surface area contributed by atoms with E-state index in [2.05, 4.69) is 65.8 Å². The van der Waals surface area contributed by atoms with Gasteiger partial charge in [0, 0.05) is 11.7 Å². The summed E-state index contributed by atoms with van der Waals surface area (Å²) in [5, 5.41) is 3.12. The highest BCUT2D eigenvalue weighted by Crippen LogP contribution is 2.23. The van der Waals surface area contributed by atoms with Crippen LogP contribution in [0.1, 0.15) is 54.7 Å². The van der Waals surface area contributed by atoms with Crippen molar-refractivity contribution in [2.45, 2.75) is 52.0 Å². The van der Waals surface area contributed by atoms with Gasteiger partial charge in [-0.25, -0.2) is 4.98 Å². The Bertz CT molecular complexity index is 1180. The van der Waals surface area contributed by atoms with Gasteiger partial charge >= 0.3 is 0 Å². The average Bonchev–Trinajstić information content (AvgIpc) is 3.38. The first kappa shape index (κ1) is 23.5. The molecule has 0 saturated carbocycles. The van der Waals surface area contributed by atoms with Gasteiger partial charge in [0.1, 0.15) is 5.69 Å². The second kappa shape index (κ2) is 11.5. The molecule has 0 spiro atoms. The molecule has 4 heteroatoms. The fourth-order valence-electron chi connectivity index (χ4n) is 4.13. The molecule has 3 aromatic carbocycles. The van der Waals surface area contributed by atoms with Crippen LogP contribution in [0.25, 0.3) is 16.8 Å². The lowest BCUT2D eigenvalue weighted by Gasteiger charge is -2.15. The topological polar surface area (TPSA) is 46.9 Å². The van der Waals surface area contributed by atoms with E-state index < -0.39 is 0 Å². The van der Waals surface area contributed by atoms with E-state index in [-0.39, 0.29) is 11.9 Å². The van der Waals surface area contributed by atoms with Gasteiger partial charge < -0.3 is 5.32 Å². The molecule has 0 aliphatic carbocycles. The molecule has 4 rings (SSSR count). The van der Waals surface area contributed by atoms with Crippen molar-refractivity contribution in [1.29, 1.82) is 0 Å². The van der Waals surface area contributed by atoms with E-state index >= 15 is 0 Å². The third kappa shape index (κ3) is 6.02. The number of imidazole rings is 1. The van der Waals surface area contributed by atoms with E-state index in [1.165, 1.54) is 29.5 Å². The number of benzene rings is 3. The number of nitrogens with one attached hydrogen (secondary N) is 1. The molecule has 0 aliphatic rings. The minimum absolute atomic E-state index is 0.0683. The van der Waals surface area contributed by atoms with Gasteiger partial charge in [0.15, 0.2) is 0 Å². The molecule has 1 atom stereocenters. The number of aryl methyl sites for hydroxylation is 2. The van der Waals surface area contributed by atoms with Crippen LogP contribution >= 0.6 is 0 Å². The average molecular weight is 452 g/mol. The Morgan fingerprint density at radius 1 is 0.882 bits per heavy atom. The van der Waals surface area contributed by atoms with Crippen LogP contribution in [-0.4, -0.2) is 21.5 Å². The second-order valence-corrected chi connectivity index (χ2v) is 8.90. The summed E-state index contributed by atoms with van der Waals surface area (Å²) in [7, 11) is 0. The third-order valence-electron chi connectivity index (χ3n) is 6.21. The fourth-order valence-corrected chi connectivity index (χ4v) is 4.13. The van der Waals surface area contributed by atoms with Crippen molar-refractivity contribution in [3.05, 3.63) is 108 Å². The van der Waals surface area contributed by atoms with Gasteiger partial charge in [-0.2, -0.15) is 0 Å². The standard InChI is InChI=1S/C30H33N3O/c1-3-4-8-25-13-15-26(16-14-25)27-17-19-28(20-18-27)33-22-31-21-29(33)30(34)32-23(2)11-12-24-9-6-5-7-10-24/h5-7,9-10,13-23H,3-4,8,11-12H2,1-2H3,(H,32,34). The van der Waals surface area contributed by atoms with Crippen LogP contribution in [-0.2, 0) is 12.8 Å². The minimum atomic E-state index is -0.107. The summed E-state index contributed by atoms with van der Waals surface area (Å²) in [5.74, 6) is -0.107. The molecule has 1 unspecified atom stereocenters. The van der Waals surface area contributed by atoms with Crippen LogP contribution in [0.15, 0.2) is 91.4 Å². The molecule has 0 saturated heterocycles. The monoisotopic (exact) mass is 451 g/mol. The van der Waals surface area contributed by atoms with Gasteiger partial charge in [0.25, 0.3) is 5.91 Å². The Morgan fingerprint density at radius 2 is 1.53 bits per heavy atom. The van der Waals surface area contributed by atoms with Gasteiger partial charge in [-0.3, -0.25) is 9.36 Å². The van der Waals surface area contributed by atoms with Crippen LogP contribution in [0.2, 0.25) is 0 Å². The zero-order chi connectivity index (χ0) is 23.8. The molecule has 0 aliphatic heterocycles. The number of carbonyl (C=O) groups excluding carboxylic acids is 1. The van der Waals surface area contributed by atoms with E-state index in [1.54, 1.807) is 12.5 Å². The third-order valence-corrected chi connectivity index (χ3v) is 6.21. The highest BCUT2D eigenvalue weighted by Gasteiger charge is 2.15. The summed E-state index contributed by atoms with van der Waals surface area (Å²) < 4.78 is 1.84. The van der Waals surface area contributed by atoms with Crippen LogP contribution in [0, 0.1) is 0 Å². The summed E-state index contributed by atoms with van der Waals surface area (Å²) >= 11 is 0. The van der Waals surface area contributed by atoms with Crippen LogP contribution in [0.4, 0.5) is 0 Å². The van der Waals surface area contributed by atoms with E-state index in [9.17, 15) is 4.79 Å². The Morgan fingerprint density at radius 3 is 2.21 bits per heavy atom. The predicted octanol–water partition coefficient (Wildman–Crippen LogP) is 6.63. The maximum absolute atomic E-state index is 12.9. The van der Waals surface area contributed by atoms with Crippen molar-refractivity contribution in [1.82, 2.24) is 14.9 Å². The Kier molecular flexibility index (Phi) is 7.92. The first-order valence-electron chi connectivity index (χ1n) is 12.2. The molecule has 0 bridgehead atoms. The van der Waals surface area contributed by atoms with Gasteiger partial charge in [-0.15, -0.1) is 0 Å². The zero-order valence-corrected chi connectivity index (χ0v) is 20.1. The van der Waals surface area contributed by atoms with Crippen molar-refractivity contribution in [3.63, 3.8) is 0 Å². The smallest absolute Gasteiger partial charge is 0.270 e. The van der Waals surface area contributed by atoms with E-state index in [4.69, 9.17) is 0 Å². The molecular formula is C30H33N3O. The van der Waals surface area contributed by atoms with Crippen LogP contribution in [0.3, 0.4) is 0 Å². The van der Waals surface area contributed by atoms with E-state index in [0.717, 1.165) is 30.5 Å². The van der Waals surface area contributed by atoms with Crippen molar-refractivity contribution in [3.8, 4) is 16.8 Å². The maximum atomic E-state index is 12.9. The summed E-state index contributed by atoms with van der Waals surface area (Å²) in [6, 6.07) is 27.5. The first-order valence-corrected chi connectivity index (χ1v) is 12.2. The summed E-state index contributed by atoms with van der Waals surface area (Å²) in [4.78, 5) is 17.2. The number of amides is 1. The number of nitrogens with zero attached hydrogens (tertiary/aromatic N) is 2. The fraction of sp³-hybridized carbons (Fsp3) is 0.267. The molecule has 0 fully saturated rings. The summed E-state index contributed by atoms with van der Waals surface area (Å²) in [6.45, 7) is 4.27. The van der Waals surface area contributed by atoms with E-state index in [1.807, 2.05) is 41.8 Å². The summed E-state index contributed by atoms with van der Waals surface area (Å²) in [5.41, 5.74) is 6.48. The first-order chi connectivity index (χ1) is 16.6. The SMILES string of the molecule is CCCCc1ccc(-c2ccc(-n3cncc3C(=O)NC(C)CCc3ccccc3)cc2)cc1. The number of hydrogen-bond acceptors (Lipinski definition) is 2. The van der Waals surface area contributed by atoms with E-state index in [0.29, 0.717) is 5.69 Å². The van der Waals surface area contributed by atoms with Crippen molar-refractivity contribution in [2.24, 2.45) is 0 Å². The highest BCUT2D eigenvalue weighted by molar-refractivity contribution is 5.93. The molecule has 4 nitrogen and oxygen atoms in total. The minimum Gasteiger partial charge on any atom is -0.348 e. The highest BCUT2D eigenvalue weighted by atomic mass is 16.2. The molecule has 1 N–H and O–H groups in total. The number of rotatable bonds is 10. The lowest BCUT2D eigenvalue weighted by atomic mass is 10.0. The second-order valence-electron chi connectivity index (χ2n) is 8.90. The quantitative estimate of drug-likeness (QED) is 0.294. The largest absolute Gasteiger partial charge is 0.348 e. The molecular weight excluding hydrogens is 418 g/mol. The molecule has 1 heterocycles. The molecule has 1 aromatic heterocycles. The zero-order valence-electron chi connectivity index (χ0n) is 20.1. The number of aromatic nitrogens is 2. The van der Waals surface area contributed by atoms with Gasteiger partial charge in [0.05, 0.1) is 12.5 Å². The normalized spacial score (nSPS) is 11.8. The Hall–Kier alpha value is -3.66. The van der Waals surface area contributed by atoms with Crippen LogP contribution < -0.4 is 5.32 Å². The molecule has 4 aromatic rings. The molecule has 174 valence electrons. The number of unbranched alkanes of at least 4 members (excludes halogenated alkanes) is 1. The lowest BCUT2D eigenvalue weighted by Crippen LogP contribution is -2.34. The molecule has 34 heavy (non-hydrogen) atoms. The predicted molar refractivity (Wildman–Crippen MR) is 139 cm³/mol. The van der Waals surface area contributed by atoms with Gasteiger partial charge in [-0.1, -0.05) is 80.1 Å². The van der Waals surface area contributed by atoms with Gasteiger partial charge in [0.2, 0.25) is 0 Å². The number of hydrogen-bond donors (Lipinski definition) is 1. The molecule has 1 amide bonds. The summed E-state index contributed by atoms with van der Waals surface area (Å²) in [6.07, 6.45) is 8.71. The van der Waals surface area contributed by atoms with Crippen molar-refractivity contribution in [2.75, 3.05) is 0 Å². The molecule has 0 radical (unpaired) electrons. The Labute approximate surface area is 202 Å². The Balaban J connectivity index is 1.40. The maximum Gasteiger partial charge on any atom is 0.270 e. The number of carbonyl (C=O) groups is 1. The van der Waals surface area contributed by atoms with Crippen molar-refractivity contribution >= 4 is 5.91 Å². The van der Waals surface area contributed by atoms with Crippen molar-refractivity contribution < 1.29 is 4.79 Å².